The Morgan fingerprint density at radius 3 is 2.25 bits per heavy atom. The molecule has 1 aliphatic heterocycles. The number of aryl methyl sites for hydroxylation is 2. The molecule has 0 amide bonds. The van der Waals surface area contributed by atoms with Crippen LogP contribution in [0, 0.1) is 13.8 Å². The summed E-state index contributed by atoms with van der Waals surface area (Å²) in [7, 11) is 0. The second kappa shape index (κ2) is 12.9. The van der Waals surface area contributed by atoms with Crippen LogP contribution >= 0.6 is 0 Å². The molecule has 4 heterocycles. The van der Waals surface area contributed by atoms with Crippen molar-refractivity contribution >= 4 is 27.3 Å². The molecular formula is C54H56N4O. The summed E-state index contributed by atoms with van der Waals surface area (Å²) in [5.41, 5.74) is 13.1. The lowest BCUT2D eigenvalue weighted by Crippen LogP contribution is -2.48. The maximum absolute atomic E-state index is 8.81. The first kappa shape index (κ1) is 34.2. The van der Waals surface area contributed by atoms with Crippen molar-refractivity contribution in [3.63, 3.8) is 0 Å². The molecule has 0 fully saturated rings. The molecule has 298 valence electrons. The van der Waals surface area contributed by atoms with Crippen LogP contribution in [0.4, 0.5) is 0 Å². The van der Waals surface area contributed by atoms with E-state index in [0.29, 0.717) is 28.9 Å². The first-order valence-electron chi connectivity index (χ1n) is 22.8. The lowest BCUT2D eigenvalue weighted by Gasteiger charge is -2.50. The highest BCUT2D eigenvalue weighted by Gasteiger charge is 2.52. The fourth-order valence-corrected chi connectivity index (χ4v) is 10.6. The molecule has 59 heavy (non-hydrogen) atoms. The highest BCUT2D eigenvalue weighted by atomic mass is 16.5. The van der Waals surface area contributed by atoms with Gasteiger partial charge in [-0.25, -0.2) is 9.97 Å². The molecule has 5 aromatic carbocycles. The Labute approximate surface area is 353 Å². The van der Waals surface area contributed by atoms with Crippen LogP contribution in [-0.2, 0) is 16.2 Å². The van der Waals surface area contributed by atoms with E-state index >= 15 is 0 Å². The highest BCUT2D eigenvalue weighted by Crippen LogP contribution is 2.59. The summed E-state index contributed by atoms with van der Waals surface area (Å²) in [5.74, 6) is 2.83. The Kier molecular flexibility index (Phi) is 7.48. The number of ether oxygens (including phenoxy) is 1. The van der Waals surface area contributed by atoms with E-state index in [2.05, 4.69) is 145 Å². The topological polar surface area (TPSA) is 44.3 Å². The molecule has 1 atom stereocenters. The van der Waals surface area contributed by atoms with Crippen molar-refractivity contribution in [2.75, 3.05) is 0 Å². The SMILES string of the molecule is [2H]C([2H])([2H])c1ccc2c3c1c1ccc(Oc4cccc(-c5nccn5-c5c(C(C)C)cc(C)cc5C(C)C)c4)cc1c1nc4c(n13)C(C)(CCC(C)(C)c1ccccc1-4)C2(C)C. The van der Waals surface area contributed by atoms with Crippen LogP contribution in [0.3, 0.4) is 0 Å². The zero-order valence-electron chi connectivity index (χ0n) is 39.1. The summed E-state index contributed by atoms with van der Waals surface area (Å²) in [6, 6.07) is 31.5. The molecule has 0 bridgehead atoms. The molecule has 0 N–H and O–H groups in total. The van der Waals surface area contributed by atoms with Crippen LogP contribution < -0.4 is 4.74 Å². The Morgan fingerprint density at radius 2 is 1.51 bits per heavy atom. The molecule has 8 aromatic rings. The van der Waals surface area contributed by atoms with E-state index in [-0.39, 0.29) is 16.2 Å². The summed E-state index contributed by atoms with van der Waals surface area (Å²) < 4.78 is 37.8. The molecule has 1 unspecified atom stereocenters. The van der Waals surface area contributed by atoms with Gasteiger partial charge in [0.15, 0.2) is 0 Å². The lowest BCUT2D eigenvalue weighted by molar-refractivity contribution is 0.220. The Balaban J connectivity index is 1.19. The minimum atomic E-state index is -2.33. The molecule has 2 aliphatic rings. The molecule has 3 aromatic heterocycles. The van der Waals surface area contributed by atoms with Gasteiger partial charge in [0, 0.05) is 49.2 Å². The number of rotatable bonds is 6. The van der Waals surface area contributed by atoms with Gasteiger partial charge in [-0.3, -0.25) is 8.97 Å². The molecule has 0 spiro atoms. The average molecular weight is 780 g/mol. The first-order chi connectivity index (χ1) is 29.3. The smallest absolute Gasteiger partial charge is 0.146 e. The molecule has 1 aliphatic carbocycles. The van der Waals surface area contributed by atoms with Gasteiger partial charge in [-0.1, -0.05) is 129 Å². The van der Waals surface area contributed by atoms with Gasteiger partial charge in [0.2, 0.25) is 0 Å². The molecular weight excluding hydrogens is 721 g/mol. The number of imidazole rings is 2. The quantitative estimate of drug-likeness (QED) is 0.158. The van der Waals surface area contributed by atoms with Crippen molar-refractivity contribution in [1.29, 1.82) is 0 Å². The zero-order chi connectivity index (χ0) is 43.8. The summed E-state index contributed by atoms with van der Waals surface area (Å²) in [6.07, 6.45) is 5.89. The van der Waals surface area contributed by atoms with Crippen LogP contribution in [-0.4, -0.2) is 18.9 Å². The van der Waals surface area contributed by atoms with Crippen LogP contribution in [0.5, 0.6) is 11.5 Å². The Bertz CT molecular complexity index is 3120. The van der Waals surface area contributed by atoms with Crippen molar-refractivity contribution in [3.8, 4) is 39.8 Å². The molecule has 5 heteroatoms. The second-order valence-electron chi connectivity index (χ2n) is 19.3. The van der Waals surface area contributed by atoms with Gasteiger partial charge in [-0.05, 0) is 107 Å². The maximum Gasteiger partial charge on any atom is 0.146 e. The fourth-order valence-electron chi connectivity index (χ4n) is 10.6. The van der Waals surface area contributed by atoms with Gasteiger partial charge in [0.25, 0.3) is 0 Å². The van der Waals surface area contributed by atoms with Crippen LogP contribution in [0.15, 0.2) is 103 Å². The third kappa shape index (κ3) is 5.35. The van der Waals surface area contributed by atoms with Gasteiger partial charge in [0.05, 0.1) is 22.6 Å². The van der Waals surface area contributed by atoms with E-state index in [1.165, 1.54) is 27.9 Å². The Hall–Kier alpha value is -5.68. The third-order valence-corrected chi connectivity index (χ3v) is 14.3. The predicted molar refractivity (Wildman–Crippen MR) is 245 cm³/mol. The first-order valence-corrected chi connectivity index (χ1v) is 21.3. The van der Waals surface area contributed by atoms with Crippen molar-refractivity contribution in [2.45, 2.75) is 117 Å². The Morgan fingerprint density at radius 1 is 0.763 bits per heavy atom. The van der Waals surface area contributed by atoms with Crippen molar-refractivity contribution in [2.24, 2.45) is 0 Å². The number of pyridine rings is 1. The molecule has 10 rings (SSSR count). The van der Waals surface area contributed by atoms with E-state index in [1.54, 1.807) is 0 Å². The third-order valence-electron chi connectivity index (χ3n) is 14.3. The standard InChI is InChI=1S/C54H56N4O/c1-31(2)40-27-33(5)28-41(32(3)4)47(40)57-26-25-55-50(57)35-15-14-16-36(29-35)59-37-20-21-38-42(30-37)51-56-46-39-17-12-13-18-43(39)52(7,8)23-24-54(11)49(46)58(51)48-44(53(54,9)10)22-19-34(6)45(38)48/h12-22,25-32H,23-24H2,1-11H3/i6D3. The number of hydrogen-bond acceptors (Lipinski definition) is 3. The summed E-state index contributed by atoms with van der Waals surface area (Å²) in [5, 5.41) is 2.47. The van der Waals surface area contributed by atoms with Gasteiger partial charge >= 0.3 is 0 Å². The van der Waals surface area contributed by atoms with E-state index < -0.39 is 6.85 Å². The molecule has 0 saturated heterocycles. The zero-order valence-corrected chi connectivity index (χ0v) is 36.1. The van der Waals surface area contributed by atoms with E-state index in [0.717, 1.165) is 74.1 Å². The minimum Gasteiger partial charge on any atom is -0.457 e. The van der Waals surface area contributed by atoms with Gasteiger partial charge < -0.3 is 4.74 Å². The van der Waals surface area contributed by atoms with E-state index in [9.17, 15) is 0 Å². The number of benzene rings is 5. The molecule has 0 saturated carbocycles. The molecule has 5 nitrogen and oxygen atoms in total. The van der Waals surface area contributed by atoms with Crippen molar-refractivity contribution < 1.29 is 8.85 Å². The second-order valence-corrected chi connectivity index (χ2v) is 19.3. The van der Waals surface area contributed by atoms with Gasteiger partial charge in [0.1, 0.15) is 23.0 Å². The van der Waals surface area contributed by atoms with Gasteiger partial charge in [-0.15, -0.1) is 0 Å². The number of hydrogen-bond donors (Lipinski definition) is 0. The normalized spacial score (nSPS) is 18.9. The highest BCUT2D eigenvalue weighted by molar-refractivity contribution is 6.15. The van der Waals surface area contributed by atoms with E-state index in [1.807, 2.05) is 36.5 Å². The minimum absolute atomic E-state index is 0.0772. The number of aromatic nitrogens is 4. The summed E-state index contributed by atoms with van der Waals surface area (Å²) in [4.78, 5) is 10.6. The number of fused-ring (bicyclic) bond motifs is 5. The predicted octanol–water partition coefficient (Wildman–Crippen LogP) is 14.4. The van der Waals surface area contributed by atoms with Crippen LogP contribution in [0.2, 0.25) is 0 Å². The molecule has 0 radical (unpaired) electrons. The van der Waals surface area contributed by atoms with Crippen LogP contribution in [0.1, 0.15) is 130 Å². The monoisotopic (exact) mass is 779 g/mol. The largest absolute Gasteiger partial charge is 0.457 e. The number of nitrogens with zero attached hydrogens (tertiary/aromatic N) is 4. The lowest BCUT2D eigenvalue weighted by atomic mass is 9.55. The van der Waals surface area contributed by atoms with E-state index in [4.69, 9.17) is 18.8 Å². The fraction of sp³-hybridized carbons (Fsp3) is 0.333. The van der Waals surface area contributed by atoms with Crippen molar-refractivity contribution in [3.05, 3.63) is 142 Å². The summed E-state index contributed by atoms with van der Waals surface area (Å²) >= 11 is 0. The van der Waals surface area contributed by atoms with Gasteiger partial charge in [-0.2, -0.15) is 0 Å². The van der Waals surface area contributed by atoms with Crippen molar-refractivity contribution in [1.82, 2.24) is 18.9 Å². The maximum atomic E-state index is 8.81. The summed E-state index contributed by atoms with van der Waals surface area (Å²) in [6.45, 7) is 20.7. The van der Waals surface area contributed by atoms with Crippen LogP contribution in [0.25, 0.3) is 55.7 Å². The average Bonchev–Trinajstić information content (AvgIpc) is 3.88.